The largest absolute Gasteiger partial charge is 0.435 e. The minimum absolute atomic E-state index is 0.0419. The van der Waals surface area contributed by atoms with Gasteiger partial charge in [0.05, 0.1) is 6.20 Å². The minimum atomic E-state index is -2.92. The average molecular weight is 292 g/mol. The van der Waals surface area contributed by atoms with Crippen LogP contribution in [0.25, 0.3) is 0 Å². The number of nitriles is 1. The summed E-state index contributed by atoms with van der Waals surface area (Å²) in [4.78, 5) is 12.0. The molecule has 0 aliphatic rings. The molecule has 0 unspecified atom stereocenters. The zero-order valence-corrected chi connectivity index (χ0v) is 10.9. The number of anilines is 1. The van der Waals surface area contributed by atoms with Crippen LogP contribution in [-0.2, 0) is 7.05 Å². The van der Waals surface area contributed by atoms with E-state index in [2.05, 4.69) is 15.2 Å². The van der Waals surface area contributed by atoms with E-state index in [4.69, 9.17) is 5.26 Å². The van der Waals surface area contributed by atoms with Gasteiger partial charge in [0.1, 0.15) is 23.2 Å². The van der Waals surface area contributed by atoms with Gasteiger partial charge in [0.15, 0.2) is 0 Å². The molecular weight excluding hydrogens is 282 g/mol. The molecule has 0 saturated carbocycles. The highest BCUT2D eigenvalue weighted by atomic mass is 19.3. The van der Waals surface area contributed by atoms with Crippen molar-refractivity contribution in [2.75, 3.05) is 5.32 Å². The van der Waals surface area contributed by atoms with E-state index >= 15 is 0 Å². The van der Waals surface area contributed by atoms with Crippen molar-refractivity contribution in [2.45, 2.75) is 6.61 Å². The number of hydrogen-bond acceptors (Lipinski definition) is 4. The first-order chi connectivity index (χ1) is 10.0. The minimum Gasteiger partial charge on any atom is -0.435 e. The number of rotatable bonds is 4. The van der Waals surface area contributed by atoms with Gasteiger partial charge in [-0.05, 0) is 24.3 Å². The van der Waals surface area contributed by atoms with Crippen molar-refractivity contribution in [3.05, 3.63) is 41.6 Å². The van der Waals surface area contributed by atoms with Crippen LogP contribution in [0.15, 0.2) is 30.5 Å². The summed E-state index contributed by atoms with van der Waals surface area (Å²) in [7, 11) is 1.58. The van der Waals surface area contributed by atoms with Crippen molar-refractivity contribution in [1.82, 2.24) is 9.78 Å². The Bertz CT molecular complexity index is 689. The molecular formula is C13H10F2N4O2. The Balaban J connectivity index is 2.14. The van der Waals surface area contributed by atoms with E-state index in [1.165, 1.54) is 35.1 Å². The summed E-state index contributed by atoms with van der Waals surface area (Å²) >= 11 is 0. The van der Waals surface area contributed by atoms with E-state index in [0.29, 0.717) is 0 Å². The molecule has 0 saturated heterocycles. The number of aromatic nitrogens is 2. The maximum Gasteiger partial charge on any atom is 0.387 e. The van der Waals surface area contributed by atoms with Gasteiger partial charge in [-0.3, -0.25) is 9.48 Å². The zero-order chi connectivity index (χ0) is 15.4. The van der Waals surface area contributed by atoms with E-state index in [9.17, 15) is 13.6 Å². The van der Waals surface area contributed by atoms with Gasteiger partial charge in [-0.25, -0.2) is 0 Å². The van der Waals surface area contributed by atoms with E-state index < -0.39 is 12.5 Å². The standard InChI is InChI=1S/C13H10F2N4O2/c1-19-11(9(6-16)7-17-19)18-12(20)8-2-4-10(5-3-8)21-13(14)15/h2-5,7,13H,1H3,(H,18,20). The molecule has 0 aliphatic heterocycles. The van der Waals surface area contributed by atoms with Gasteiger partial charge in [0.2, 0.25) is 0 Å². The first-order valence-corrected chi connectivity index (χ1v) is 5.79. The number of amides is 1. The Labute approximate surface area is 118 Å². The molecule has 1 N–H and O–H groups in total. The lowest BCUT2D eigenvalue weighted by Gasteiger charge is -2.07. The van der Waals surface area contributed by atoms with Crippen LogP contribution >= 0.6 is 0 Å². The van der Waals surface area contributed by atoms with Crippen LogP contribution in [-0.4, -0.2) is 22.3 Å². The summed E-state index contributed by atoms with van der Waals surface area (Å²) in [5, 5.41) is 15.3. The number of nitrogens with one attached hydrogen (secondary N) is 1. The van der Waals surface area contributed by atoms with Gasteiger partial charge in [0, 0.05) is 12.6 Å². The molecule has 108 valence electrons. The number of carbonyl (C=O) groups excluding carboxylic acids is 1. The van der Waals surface area contributed by atoms with Crippen molar-refractivity contribution < 1.29 is 18.3 Å². The quantitative estimate of drug-likeness (QED) is 0.936. The normalized spacial score (nSPS) is 10.2. The zero-order valence-electron chi connectivity index (χ0n) is 10.9. The number of nitrogens with zero attached hydrogens (tertiary/aromatic N) is 3. The molecule has 1 aromatic carbocycles. The highest BCUT2D eigenvalue weighted by Gasteiger charge is 2.13. The van der Waals surface area contributed by atoms with E-state index in [0.717, 1.165) is 0 Å². The third-order valence-electron chi connectivity index (χ3n) is 2.63. The monoisotopic (exact) mass is 292 g/mol. The van der Waals surface area contributed by atoms with Crippen molar-refractivity contribution in [1.29, 1.82) is 5.26 Å². The molecule has 0 aliphatic carbocycles. The summed E-state index contributed by atoms with van der Waals surface area (Å²) in [5.74, 6) is -0.270. The second kappa shape index (κ2) is 6.00. The summed E-state index contributed by atoms with van der Waals surface area (Å²) in [5.41, 5.74) is 0.463. The van der Waals surface area contributed by atoms with Gasteiger partial charge in [-0.1, -0.05) is 0 Å². The Morgan fingerprint density at radius 3 is 2.67 bits per heavy atom. The molecule has 0 atom stereocenters. The van der Waals surface area contributed by atoms with Crippen molar-refractivity contribution >= 4 is 11.7 Å². The third kappa shape index (κ3) is 3.33. The molecule has 1 heterocycles. The van der Waals surface area contributed by atoms with Crippen molar-refractivity contribution in [2.24, 2.45) is 7.05 Å². The summed E-state index contributed by atoms with van der Waals surface area (Å²) in [6.45, 7) is -2.92. The molecule has 0 spiro atoms. The Morgan fingerprint density at radius 1 is 1.43 bits per heavy atom. The lowest BCUT2D eigenvalue weighted by molar-refractivity contribution is -0.0498. The summed E-state index contributed by atoms with van der Waals surface area (Å²) in [6, 6.07) is 7.11. The topological polar surface area (TPSA) is 79.9 Å². The van der Waals surface area contributed by atoms with Crippen LogP contribution in [0.5, 0.6) is 5.75 Å². The molecule has 2 aromatic rings. The summed E-state index contributed by atoms with van der Waals surface area (Å²) in [6.07, 6.45) is 1.33. The van der Waals surface area contributed by atoms with Crippen molar-refractivity contribution in [3.8, 4) is 11.8 Å². The van der Waals surface area contributed by atoms with Crippen LogP contribution in [0.3, 0.4) is 0 Å². The van der Waals surface area contributed by atoms with Gasteiger partial charge in [0.25, 0.3) is 5.91 Å². The fourth-order valence-corrected chi connectivity index (χ4v) is 1.64. The van der Waals surface area contributed by atoms with E-state index in [1.807, 2.05) is 6.07 Å². The molecule has 2 rings (SSSR count). The molecule has 0 bridgehead atoms. The molecule has 21 heavy (non-hydrogen) atoms. The number of carbonyl (C=O) groups is 1. The fourth-order valence-electron chi connectivity index (χ4n) is 1.64. The van der Waals surface area contributed by atoms with Crippen LogP contribution in [0.4, 0.5) is 14.6 Å². The maximum atomic E-state index is 12.0. The smallest absolute Gasteiger partial charge is 0.387 e. The predicted molar refractivity (Wildman–Crippen MR) is 69.0 cm³/mol. The molecule has 1 aromatic heterocycles. The highest BCUT2D eigenvalue weighted by molar-refractivity contribution is 6.04. The second-order valence-corrected chi connectivity index (χ2v) is 4.00. The maximum absolute atomic E-state index is 12.0. The van der Waals surface area contributed by atoms with Crippen molar-refractivity contribution in [3.63, 3.8) is 0 Å². The Kier molecular flexibility index (Phi) is 4.13. The first kappa shape index (κ1) is 14.5. The second-order valence-electron chi connectivity index (χ2n) is 4.00. The van der Waals surface area contributed by atoms with Gasteiger partial charge in [-0.2, -0.15) is 19.1 Å². The van der Waals surface area contributed by atoms with E-state index in [1.54, 1.807) is 7.05 Å². The molecule has 0 fully saturated rings. The predicted octanol–water partition coefficient (Wildman–Crippen LogP) is 2.15. The number of aryl methyl sites for hydroxylation is 1. The number of hydrogen-bond donors (Lipinski definition) is 1. The molecule has 1 amide bonds. The SMILES string of the molecule is Cn1ncc(C#N)c1NC(=O)c1ccc(OC(F)F)cc1. The van der Waals surface area contributed by atoms with Gasteiger partial charge < -0.3 is 10.1 Å². The molecule has 6 nitrogen and oxygen atoms in total. The Morgan fingerprint density at radius 2 is 2.10 bits per heavy atom. The Hall–Kier alpha value is -2.95. The highest BCUT2D eigenvalue weighted by Crippen LogP contribution is 2.17. The van der Waals surface area contributed by atoms with Gasteiger partial charge in [-0.15, -0.1) is 0 Å². The lowest BCUT2D eigenvalue weighted by Crippen LogP contribution is -2.15. The fraction of sp³-hybridized carbons (Fsp3) is 0.154. The van der Waals surface area contributed by atoms with Crippen LogP contribution in [0.2, 0.25) is 0 Å². The third-order valence-corrected chi connectivity index (χ3v) is 2.63. The van der Waals surface area contributed by atoms with Gasteiger partial charge >= 0.3 is 6.61 Å². The number of alkyl halides is 2. The van der Waals surface area contributed by atoms with Crippen LogP contribution < -0.4 is 10.1 Å². The van der Waals surface area contributed by atoms with Crippen LogP contribution in [0, 0.1) is 11.3 Å². The first-order valence-electron chi connectivity index (χ1n) is 5.79. The average Bonchev–Trinajstić information content (AvgIpc) is 2.79. The van der Waals surface area contributed by atoms with E-state index in [-0.39, 0.29) is 22.7 Å². The number of halogens is 2. The number of ether oxygens (including phenoxy) is 1. The lowest BCUT2D eigenvalue weighted by atomic mass is 10.2. The molecule has 0 radical (unpaired) electrons. The number of benzene rings is 1. The summed E-state index contributed by atoms with van der Waals surface area (Å²) < 4.78 is 29.6. The van der Waals surface area contributed by atoms with Crippen LogP contribution in [0.1, 0.15) is 15.9 Å². The molecule has 8 heteroatoms.